The predicted molar refractivity (Wildman–Crippen MR) is 229 cm³/mol. The summed E-state index contributed by atoms with van der Waals surface area (Å²) in [6, 6.07) is 52.5. The second-order valence-corrected chi connectivity index (χ2v) is 15.7. The molecule has 6 aromatic carbocycles. The number of benzene rings is 6. The van der Waals surface area contributed by atoms with Crippen molar-refractivity contribution in [1.29, 1.82) is 0 Å². The van der Waals surface area contributed by atoms with Crippen LogP contribution in [0.5, 0.6) is 0 Å². The maximum Gasteiger partial charge on any atom is 0.145 e. The summed E-state index contributed by atoms with van der Waals surface area (Å²) in [5.74, 6) is 2.58. The van der Waals surface area contributed by atoms with Crippen molar-refractivity contribution in [2.24, 2.45) is 16.8 Å². The Bertz CT molecular complexity index is 2980. The van der Waals surface area contributed by atoms with Crippen LogP contribution in [0.25, 0.3) is 66.7 Å². The molecule has 264 valence electrons. The molecule has 0 saturated carbocycles. The lowest BCUT2D eigenvalue weighted by molar-refractivity contribution is 0.504. The van der Waals surface area contributed by atoms with Gasteiger partial charge in [0.15, 0.2) is 0 Å². The van der Waals surface area contributed by atoms with Crippen LogP contribution in [0, 0.1) is 11.8 Å². The number of rotatable bonds is 4. The number of imidazole rings is 1. The first kappa shape index (κ1) is 32.0. The van der Waals surface area contributed by atoms with Gasteiger partial charge in [0.2, 0.25) is 0 Å². The van der Waals surface area contributed by atoms with Crippen LogP contribution in [0.1, 0.15) is 38.3 Å². The van der Waals surface area contributed by atoms with E-state index >= 15 is 0 Å². The van der Waals surface area contributed by atoms with E-state index in [1.54, 1.807) is 0 Å². The number of nitrogens with zero attached hydrogens (tertiary/aromatic N) is 4. The molecule has 2 aromatic heterocycles. The summed E-state index contributed by atoms with van der Waals surface area (Å²) in [6.45, 7) is 7.07. The van der Waals surface area contributed by atoms with Gasteiger partial charge in [0.05, 0.1) is 27.8 Å². The fourth-order valence-corrected chi connectivity index (χ4v) is 9.73. The number of allylic oxidation sites excluding steroid dienone is 5. The topological polar surface area (TPSA) is 35.1 Å². The molecule has 2 atom stereocenters. The summed E-state index contributed by atoms with van der Waals surface area (Å²) in [7, 11) is 0. The highest BCUT2D eigenvalue weighted by Crippen LogP contribution is 2.54. The van der Waals surface area contributed by atoms with Crippen molar-refractivity contribution in [2.75, 3.05) is 0 Å². The van der Waals surface area contributed by atoms with Crippen molar-refractivity contribution in [3.8, 4) is 28.2 Å². The fourth-order valence-electron chi connectivity index (χ4n) is 9.73. The van der Waals surface area contributed by atoms with E-state index in [4.69, 9.17) is 9.98 Å². The zero-order valence-electron chi connectivity index (χ0n) is 31.2. The highest BCUT2D eigenvalue weighted by molar-refractivity contribution is 6.16. The Kier molecular flexibility index (Phi) is 6.97. The Morgan fingerprint density at radius 3 is 2.16 bits per heavy atom. The second kappa shape index (κ2) is 12.0. The summed E-state index contributed by atoms with van der Waals surface area (Å²) in [4.78, 5) is 10.8. The predicted octanol–water partition coefficient (Wildman–Crippen LogP) is 12.6. The molecule has 2 aliphatic carbocycles. The normalized spacial score (nSPS) is 18.4. The minimum atomic E-state index is -0.0813. The molecule has 4 heteroatoms. The summed E-state index contributed by atoms with van der Waals surface area (Å²) in [6.07, 6.45) is 8.05. The van der Waals surface area contributed by atoms with Crippen LogP contribution in [-0.4, -0.2) is 20.0 Å². The van der Waals surface area contributed by atoms with Gasteiger partial charge in [0.25, 0.3) is 0 Å². The zero-order valence-corrected chi connectivity index (χ0v) is 31.2. The van der Waals surface area contributed by atoms with Gasteiger partial charge in [0.1, 0.15) is 11.7 Å². The Morgan fingerprint density at radius 2 is 1.33 bits per heavy atom. The SMILES string of the molecule is CCC1C(n2c3ccccc3c3cc(-c4ccc(-c5nc6ccccc6n5-c5ccccc5)cc4)ccc32)=NC2=C3C(=CC=CC31)C(C)(C)c1ccccc12. The smallest absolute Gasteiger partial charge is 0.145 e. The van der Waals surface area contributed by atoms with Crippen LogP contribution in [0.4, 0.5) is 0 Å². The minimum Gasteiger partial charge on any atom is -0.297 e. The Balaban J connectivity index is 1.05. The van der Waals surface area contributed by atoms with Gasteiger partial charge in [-0.05, 0) is 76.7 Å². The number of aromatic nitrogens is 3. The molecule has 0 amide bonds. The number of para-hydroxylation sites is 4. The van der Waals surface area contributed by atoms with E-state index in [1.165, 1.54) is 55.2 Å². The van der Waals surface area contributed by atoms with Crippen molar-refractivity contribution in [2.45, 2.75) is 32.6 Å². The lowest BCUT2D eigenvalue weighted by atomic mass is 9.61. The molecule has 8 aromatic rings. The van der Waals surface area contributed by atoms with Crippen LogP contribution < -0.4 is 0 Å². The quantitative estimate of drug-likeness (QED) is 0.179. The molecule has 4 nitrogen and oxygen atoms in total. The van der Waals surface area contributed by atoms with Crippen LogP contribution in [0.15, 0.2) is 180 Å². The molecule has 0 spiro atoms. The lowest BCUT2D eigenvalue weighted by Gasteiger charge is -2.45. The third kappa shape index (κ3) is 4.64. The molecule has 0 bridgehead atoms. The Hall–Kier alpha value is -6.52. The molecule has 0 radical (unpaired) electrons. The first-order valence-corrected chi connectivity index (χ1v) is 19.5. The molecule has 55 heavy (non-hydrogen) atoms. The van der Waals surface area contributed by atoms with E-state index in [0.29, 0.717) is 0 Å². The average Bonchev–Trinajstić information content (AvgIpc) is 3.79. The lowest BCUT2D eigenvalue weighted by Crippen LogP contribution is -2.39. The van der Waals surface area contributed by atoms with E-state index in [9.17, 15) is 0 Å². The molecule has 1 aliphatic heterocycles. The van der Waals surface area contributed by atoms with Gasteiger partial charge in [-0.2, -0.15) is 0 Å². The summed E-state index contributed by atoms with van der Waals surface area (Å²) < 4.78 is 4.73. The van der Waals surface area contributed by atoms with Crippen molar-refractivity contribution in [1.82, 2.24) is 14.1 Å². The monoisotopic (exact) mass is 708 g/mol. The van der Waals surface area contributed by atoms with Gasteiger partial charge in [0, 0.05) is 44.8 Å². The molecule has 3 aliphatic rings. The summed E-state index contributed by atoms with van der Waals surface area (Å²) in [5, 5.41) is 2.49. The van der Waals surface area contributed by atoms with Gasteiger partial charge in [-0.3, -0.25) is 9.13 Å². The first-order chi connectivity index (χ1) is 27.0. The third-order valence-corrected chi connectivity index (χ3v) is 12.4. The molecule has 3 heterocycles. The van der Waals surface area contributed by atoms with Gasteiger partial charge in [-0.1, -0.05) is 142 Å². The van der Waals surface area contributed by atoms with Crippen molar-refractivity contribution < 1.29 is 0 Å². The molecule has 2 unspecified atom stereocenters. The van der Waals surface area contributed by atoms with Crippen LogP contribution >= 0.6 is 0 Å². The Labute approximate surface area is 321 Å². The van der Waals surface area contributed by atoms with E-state index in [0.717, 1.165) is 46.1 Å². The maximum atomic E-state index is 5.73. The molecular weight excluding hydrogens is 669 g/mol. The summed E-state index contributed by atoms with van der Waals surface area (Å²) >= 11 is 0. The van der Waals surface area contributed by atoms with Crippen molar-refractivity contribution in [3.05, 3.63) is 186 Å². The summed E-state index contributed by atoms with van der Waals surface area (Å²) in [5.41, 5.74) is 15.5. The molecular formula is C51H40N4. The largest absolute Gasteiger partial charge is 0.297 e. The van der Waals surface area contributed by atoms with E-state index in [-0.39, 0.29) is 17.3 Å². The Morgan fingerprint density at radius 1 is 0.636 bits per heavy atom. The molecule has 0 fully saturated rings. The van der Waals surface area contributed by atoms with Gasteiger partial charge in [-0.25, -0.2) is 9.98 Å². The fraction of sp³-hybridized carbons (Fsp3) is 0.137. The van der Waals surface area contributed by atoms with Crippen molar-refractivity contribution in [3.63, 3.8) is 0 Å². The number of hydrogen-bond acceptors (Lipinski definition) is 2. The third-order valence-electron chi connectivity index (χ3n) is 12.4. The van der Waals surface area contributed by atoms with Crippen LogP contribution in [-0.2, 0) is 5.41 Å². The standard InChI is InChI=1S/C51H40N4/c1-4-36-38-19-14-21-42-47(38)48(39-18-8-10-20-41(39)51(42,2)3)53-50(36)55-44-23-12-9-17-37(44)40-31-34(29-30-45(40)55)32-25-27-33(28-26-32)49-52-43-22-11-13-24-46(43)54(49)35-15-6-5-7-16-35/h5-31,36,38H,4H2,1-3H3. The molecule has 0 N–H and O–H groups in total. The number of aliphatic imine (C=N–C) groups is 1. The molecule has 0 saturated heterocycles. The van der Waals surface area contributed by atoms with Gasteiger partial charge in [-0.15, -0.1) is 0 Å². The number of hydrogen-bond donors (Lipinski definition) is 0. The second-order valence-electron chi connectivity index (χ2n) is 15.7. The van der Waals surface area contributed by atoms with Crippen LogP contribution in [0.2, 0.25) is 0 Å². The van der Waals surface area contributed by atoms with E-state index < -0.39 is 0 Å². The highest BCUT2D eigenvalue weighted by atomic mass is 15.1. The van der Waals surface area contributed by atoms with E-state index in [2.05, 4.69) is 194 Å². The van der Waals surface area contributed by atoms with Gasteiger partial charge < -0.3 is 0 Å². The first-order valence-electron chi connectivity index (χ1n) is 19.5. The van der Waals surface area contributed by atoms with Crippen molar-refractivity contribution >= 4 is 44.4 Å². The van der Waals surface area contributed by atoms with Gasteiger partial charge >= 0.3 is 0 Å². The average molecular weight is 709 g/mol. The highest BCUT2D eigenvalue weighted by Gasteiger charge is 2.45. The maximum absolute atomic E-state index is 5.73. The minimum absolute atomic E-state index is 0.0813. The van der Waals surface area contributed by atoms with Crippen LogP contribution in [0.3, 0.4) is 0 Å². The zero-order chi connectivity index (χ0) is 36.8. The number of fused-ring (bicyclic) bond motifs is 6. The van der Waals surface area contributed by atoms with E-state index in [1.807, 2.05) is 0 Å². The molecule has 11 rings (SSSR count).